The van der Waals surface area contributed by atoms with Crippen molar-refractivity contribution in [2.45, 2.75) is 46.1 Å². The van der Waals surface area contributed by atoms with Crippen molar-refractivity contribution < 1.29 is 4.79 Å². The van der Waals surface area contributed by atoms with E-state index in [9.17, 15) is 4.79 Å². The van der Waals surface area contributed by atoms with Crippen molar-refractivity contribution in [3.63, 3.8) is 0 Å². The summed E-state index contributed by atoms with van der Waals surface area (Å²) in [7, 11) is 0. The summed E-state index contributed by atoms with van der Waals surface area (Å²) in [6.07, 6.45) is 4.73. The number of halogens is 1. The molecule has 6 nitrogen and oxygen atoms in total. The number of carbonyl (C=O) groups is 1. The predicted molar refractivity (Wildman–Crippen MR) is 126 cm³/mol. The van der Waals surface area contributed by atoms with Crippen molar-refractivity contribution in [3.8, 4) is 0 Å². The van der Waals surface area contributed by atoms with Gasteiger partial charge in [0.15, 0.2) is 5.96 Å². The van der Waals surface area contributed by atoms with Crippen LogP contribution < -0.4 is 10.6 Å². The summed E-state index contributed by atoms with van der Waals surface area (Å²) in [6, 6.07) is 8.03. The largest absolute Gasteiger partial charge is 0.357 e. The lowest BCUT2D eigenvalue weighted by molar-refractivity contribution is 0.222. The number of hydrogen-bond acceptors (Lipinski definition) is 2. The molecule has 0 spiro atoms. The first-order valence-electron chi connectivity index (χ1n) is 10.3. The highest BCUT2D eigenvalue weighted by Crippen LogP contribution is 2.17. The summed E-state index contributed by atoms with van der Waals surface area (Å²) < 4.78 is 0. The third kappa shape index (κ3) is 6.53. The molecule has 0 aliphatic carbocycles. The number of piperidine rings is 1. The van der Waals surface area contributed by atoms with Crippen molar-refractivity contribution in [3.05, 3.63) is 29.8 Å². The first-order valence-corrected chi connectivity index (χ1v) is 10.3. The molecule has 1 aromatic carbocycles. The van der Waals surface area contributed by atoms with Gasteiger partial charge in [-0.1, -0.05) is 19.1 Å². The van der Waals surface area contributed by atoms with Crippen LogP contribution in [0.3, 0.4) is 0 Å². The van der Waals surface area contributed by atoms with Gasteiger partial charge in [0.2, 0.25) is 0 Å². The minimum atomic E-state index is 0. The molecule has 156 valence electrons. The first kappa shape index (κ1) is 22.8. The number of likely N-dealkylation sites (tertiary alicyclic amines) is 2. The Balaban J connectivity index is 0.00000280. The number of anilines is 1. The molecule has 3 rings (SSSR count). The van der Waals surface area contributed by atoms with Gasteiger partial charge in [-0.25, -0.2) is 9.79 Å². The molecule has 2 saturated heterocycles. The van der Waals surface area contributed by atoms with Gasteiger partial charge < -0.3 is 20.4 Å². The lowest BCUT2D eigenvalue weighted by Crippen LogP contribution is -2.46. The van der Waals surface area contributed by atoms with Crippen molar-refractivity contribution in [1.29, 1.82) is 0 Å². The van der Waals surface area contributed by atoms with Gasteiger partial charge in [-0.3, -0.25) is 0 Å². The number of benzene rings is 1. The van der Waals surface area contributed by atoms with Crippen LogP contribution in [0.1, 0.15) is 45.1 Å². The molecule has 28 heavy (non-hydrogen) atoms. The van der Waals surface area contributed by atoms with Crippen molar-refractivity contribution in [2.75, 3.05) is 38.0 Å². The standard InChI is InChI=1S/C21H33N5O.HI/c1-3-22-20(26-13-7-8-17(2)16-26)23-15-18-9-6-10-19(14-18)24-21(27)25-11-4-5-12-25;/h6,9-10,14,17H,3-5,7-8,11-13,15-16H2,1-2H3,(H,22,23)(H,24,27);1H. The van der Waals surface area contributed by atoms with Gasteiger partial charge in [0.1, 0.15) is 0 Å². The highest BCUT2D eigenvalue weighted by Gasteiger charge is 2.19. The third-order valence-corrected chi connectivity index (χ3v) is 5.27. The Morgan fingerprint density at radius 2 is 1.93 bits per heavy atom. The molecule has 1 unspecified atom stereocenters. The van der Waals surface area contributed by atoms with E-state index in [0.29, 0.717) is 12.5 Å². The quantitative estimate of drug-likeness (QED) is 0.372. The zero-order valence-electron chi connectivity index (χ0n) is 17.1. The molecular weight excluding hydrogens is 465 g/mol. The van der Waals surface area contributed by atoms with E-state index in [1.807, 2.05) is 23.1 Å². The summed E-state index contributed by atoms with van der Waals surface area (Å²) in [5.41, 5.74) is 1.95. The van der Waals surface area contributed by atoms with E-state index in [1.54, 1.807) is 0 Å². The van der Waals surface area contributed by atoms with Gasteiger partial charge in [0, 0.05) is 38.4 Å². The highest BCUT2D eigenvalue weighted by molar-refractivity contribution is 14.0. The molecule has 2 N–H and O–H groups in total. The van der Waals surface area contributed by atoms with Gasteiger partial charge in [0.05, 0.1) is 6.54 Å². The second kappa shape index (κ2) is 11.5. The van der Waals surface area contributed by atoms with Crippen LogP contribution in [0.5, 0.6) is 0 Å². The smallest absolute Gasteiger partial charge is 0.321 e. The van der Waals surface area contributed by atoms with Crippen LogP contribution in [0.2, 0.25) is 0 Å². The summed E-state index contributed by atoms with van der Waals surface area (Å²) >= 11 is 0. The minimum Gasteiger partial charge on any atom is -0.357 e. The molecule has 1 atom stereocenters. The van der Waals surface area contributed by atoms with Crippen LogP contribution in [-0.4, -0.2) is 54.5 Å². The molecule has 2 fully saturated rings. The summed E-state index contributed by atoms with van der Waals surface area (Å²) in [5, 5.41) is 6.45. The zero-order chi connectivity index (χ0) is 19.1. The fourth-order valence-corrected chi connectivity index (χ4v) is 3.84. The fraction of sp³-hybridized carbons (Fsp3) is 0.619. The average Bonchev–Trinajstić information content (AvgIpc) is 3.20. The molecule has 2 aliphatic rings. The number of hydrogen-bond donors (Lipinski definition) is 2. The molecule has 7 heteroatoms. The number of carbonyl (C=O) groups excluding carboxylic acids is 1. The Labute approximate surface area is 186 Å². The van der Waals surface area contributed by atoms with E-state index in [4.69, 9.17) is 4.99 Å². The van der Waals surface area contributed by atoms with E-state index < -0.39 is 0 Å². The Bertz CT molecular complexity index is 660. The summed E-state index contributed by atoms with van der Waals surface area (Å²) in [6.45, 7) is 9.75. The van der Waals surface area contributed by atoms with Crippen LogP contribution in [0, 0.1) is 5.92 Å². The van der Waals surface area contributed by atoms with Crippen LogP contribution in [0.4, 0.5) is 10.5 Å². The van der Waals surface area contributed by atoms with Crippen LogP contribution in [0.25, 0.3) is 0 Å². The maximum atomic E-state index is 12.3. The average molecular weight is 499 g/mol. The number of aliphatic imine (C=N–C) groups is 1. The second-order valence-electron chi connectivity index (χ2n) is 7.69. The van der Waals surface area contributed by atoms with E-state index in [2.05, 4.69) is 35.4 Å². The van der Waals surface area contributed by atoms with Crippen LogP contribution in [0.15, 0.2) is 29.3 Å². The van der Waals surface area contributed by atoms with Gasteiger partial charge in [-0.15, -0.1) is 24.0 Å². The monoisotopic (exact) mass is 499 g/mol. The van der Waals surface area contributed by atoms with E-state index >= 15 is 0 Å². The molecular formula is C21H34IN5O. The maximum Gasteiger partial charge on any atom is 0.321 e. The Morgan fingerprint density at radius 1 is 1.18 bits per heavy atom. The Hall–Kier alpha value is -1.51. The second-order valence-corrected chi connectivity index (χ2v) is 7.69. The van der Waals surface area contributed by atoms with Crippen molar-refractivity contribution in [2.24, 2.45) is 10.9 Å². The molecule has 0 saturated carbocycles. The van der Waals surface area contributed by atoms with Gasteiger partial charge in [-0.05, 0) is 56.2 Å². The summed E-state index contributed by atoms with van der Waals surface area (Å²) in [4.78, 5) is 21.4. The van der Waals surface area contributed by atoms with Crippen LogP contribution in [-0.2, 0) is 6.54 Å². The maximum absolute atomic E-state index is 12.3. The molecule has 0 aromatic heterocycles. The van der Waals surface area contributed by atoms with Gasteiger partial charge in [-0.2, -0.15) is 0 Å². The topological polar surface area (TPSA) is 60.0 Å². The van der Waals surface area contributed by atoms with Gasteiger partial charge in [0.25, 0.3) is 0 Å². The van der Waals surface area contributed by atoms with E-state index in [-0.39, 0.29) is 30.0 Å². The lowest BCUT2D eigenvalue weighted by atomic mass is 10.0. The van der Waals surface area contributed by atoms with E-state index in [1.165, 1.54) is 12.8 Å². The molecule has 1 aromatic rings. The number of guanidine groups is 1. The molecule has 2 aliphatic heterocycles. The predicted octanol–water partition coefficient (Wildman–Crippen LogP) is 4.13. The number of nitrogens with zero attached hydrogens (tertiary/aromatic N) is 3. The molecule has 0 radical (unpaired) electrons. The molecule has 2 amide bonds. The SMILES string of the molecule is CCNC(=NCc1cccc(NC(=O)N2CCCC2)c1)N1CCCC(C)C1.I. The van der Waals surface area contributed by atoms with E-state index in [0.717, 1.165) is 62.8 Å². The zero-order valence-corrected chi connectivity index (χ0v) is 19.4. The Morgan fingerprint density at radius 3 is 2.64 bits per heavy atom. The lowest BCUT2D eigenvalue weighted by Gasteiger charge is -2.33. The number of urea groups is 1. The normalized spacial score (nSPS) is 19.9. The summed E-state index contributed by atoms with van der Waals surface area (Å²) in [5.74, 6) is 1.71. The third-order valence-electron chi connectivity index (χ3n) is 5.27. The van der Waals surface area contributed by atoms with Crippen LogP contribution >= 0.6 is 24.0 Å². The highest BCUT2D eigenvalue weighted by atomic mass is 127. The number of nitrogens with one attached hydrogen (secondary N) is 2. The first-order chi connectivity index (χ1) is 13.2. The number of amides is 2. The Kier molecular flexibility index (Phi) is 9.34. The van der Waals surface area contributed by atoms with Crippen molar-refractivity contribution >= 4 is 41.7 Å². The van der Waals surface area contributed by atoms with Crippen molar-refractivity contribution in [1.82, 2.24) is 15.1 Å². The number of rotatable bonds is 4. The fourth-order valence-electron chi connectivity index (χ4n) is 3.84. The molecule has 0 bridgehead atoms. The minimum absolute atomic E-state index is 0. The van der Waals surface area contributed by atoms with Gasteiger partial charge >= 0.3 is 6.03 Å². The molecule has 2 heterocycles.